The van der Waals surface area contributed by atoms with Crippen molar-refractivity contribution in [2.24, 2.45) is 0 Å². The number of halogens is 2. The topological polar surface area (TPSA) is 82.2 Å². The van der Waals surface area contributed by atoms with Crippen molar-refractivity contribution in [2.45, 2.75) is 25.8 Å². The average Bonchev–Trinajstić information content (AvgIpc) is 3.52. The number of nitrogens with zero attached hydrogens (tertiary/aromatic N) is 3. The summed E-state index contributed by atoms with van der Waals surface area (Å²) in [7, 11) is 1.31. The van der Waals surface area contributed by atoms with Crippen LogP contribution in [-0.4, -0.2) is 74.0 Å². The number of carbonyl (C=O) groups excluding carboxylic acids is 3. The highest BCUT2D eigenvalue weighted by Gasteiger charge is 2.24. The summed E-state index contributed by atoms with van der Waals surface area (Å²) in [5, 5.41) is 3.91. The van der Waals surface area contributed by atoms with Gasteiger partial charge >= 0.3 is 5.97 Å². The molecule has 1 N–H and O–H groups in total. The van der Waals surface area contributed by atoms with Crippen LogP contribution in [0, 0.1) is 0 Å². The highest BCUT2D eigenvalue weighted by Crippen LogP contribution is 2.29. The molecule has 2 fully saturated rings. The summed E-state index contributed by atoms with van der Waals surface area (Å²) in [6.07, 6.45) is 2.62. The molecular weight excluding hydrogens is 575 g/mol. The Morgan fingerprint density at radius 2 is 1.50 bits per heavy atom. The highest BCUT2D eigenvalue weighted by molar-refractivity contribution is 6.36. The van der Waals surface area contributed by atoms with Gasteiger partial charge in [-0.15, -0.1) is 0 Å². The van der Waals surface area contributed by atoms with Crippen LogP contribution in [0.3, 0.4) is 0 Å². The van der Waals surface area contributed by atoms with E-state index in [9.17, 15) is 14.4 Å². The Balaban J connectivity index is 1.13. The smallest absolute Gasteiger partial charge is 0.337 e. The number of esters is 1. The van der Waals surface area contributed by atoms with E-state index in [1.807, 2.05) is 29.2 Å². The summed E-state index contributed by atoms with van der Waals surface area (Å²) in [5.74, 6) is -0.735. The minimum Gasteiger partial charge on any atom is -0.465 e. The SMILES string of the molecule is COC(=O)c1cccc(NC(=O)c2ccc(N3CCN(C(=O)Cc4c(Cl)cc(CN5CCCC5)cc4Cl)CC3)cc2)c1. The van der Waals surface area contributed by atoms with Crippen LogP contribution in [0.15, 0.2) is 60.7 Å². The first-order valence-corrected chi connectivity index (χ1v) is 14.9. The predicted molar refractivity (Wildman–Crippen MR) is 166 cm³/mol. The predicted octanol–water partition coefficient (Wildman–Crippen LogP) is 5.52. The van der Waals surface area contributed by atoms with Gasteiger partial charge in [0.1, 0.15) is 0 Å². The zero-order chi connectivity index (χ0) is 29.6. The minimum atomic E-state index is -0.466. The molecule has 2 aliphatic rings. The molecule has 0 bridgehead atoms. The van der Waals surface area contributed by atoms with Gasteiger partial charge in [-0.2, -0.15) is 0 Å². The Bertz CT molecular complexity index is 1430. The number of ether oxygens (including phenoxy) is 1. The highest BCUT2D eigenvalue weighted by atomic mass is 35.5. The van der Waals surface area contributed by atoms with Crippen molar-refractivity contribution >= 4 is 52.4 Å². The lowest BCUT2D eigenvalue weighted by Gasteiger charge is -2.36. The quantitative estimate of drug-likeness (QED) is 0.339. The molecular formula is C32H34Cl2N4O4. The molecule has 0 spiro atoms. The van der Waals surface area contributed by atoms with E-state index in [0.29, 0.717) is 58.6 Å². The summed E-state index contributed by atoms with van der Waals surface area (Å²) in [5.41, 5.74) is 4.10. The first-order valence-electron chi connectivity index (χ1n) is 14.1. The van der Waals surface area contributed by atoms with E-state index in [1.165, 1.54) is 20.0 Å². The molecule has 220 valence electrons. The van der Waals surface area contributed by atoms with Gasteiger partial charge in [-0.3, -0.25) is 14.5 Å². The molecule has 0 radical (unpaired) electrons. The van der Waals surface area contributed by atoms with Gasteiger partial charge in [-0.05, 0) is 91.7 Å². The van der Waals surface area contributed by atoms with E-state index >= 15 is 0 Å². The molecule has 3 aromatic carbocycles. The fourth-order valence-corrected chi connectivity index (χ4v) is 6.13. The van der Waals surface area contributed by atoms with E-state index in [-0.39, 0.29) is 18.2 Å². The number of anilines is 2. The summed E-state index contributed by atoms with van der Waals surface area (Å²) in [6.45, 7) is 5.53. The number of amides is 2. The summed E-state index contributed by atoms with van der Waals surface area (Å²) >= 11 is 13.2. The maximum atomic E-state index is 13.1. The summed E-state index contributed by atoms with van der Waals surface area (Å²) in [4.78, 5) is 44.1. The number of nitrogens with one attached hydrogen (secondary N) is 1. The van der Waals surface area contributed by atoms with Gasteiger partial charge in [0.2, 0.25) is 5.91 Å². The van der Waals surface area contributed by atoms with Gasteiger partial charge in [0.05, 0.1) is 19.1 Å². The molecule has 2 aliphatic heterocycles. The second-order valence-electron chi connectivity index (χ2n) is 10.6. The van der Waals surface area contributed by atoms with E-state index in [0.717, 1.165) is 30.9 Å². The number of rotatable bonds is 8. The Kier molecular flexibility index (Phi) is 9.67. The van der Waals surface area contributed by atoms with E-state index in [2.05, 4.69) is 15.1 Å². The summed E-state index contributed by atoms with van der Waals surface area (Å²) < 4.78 is 4.74. The fourth-order valence-electron chi connectivity index (χ4n) is 5.46. The monoisotopic (exact) mass is 608 g/mol. The number of benzene rings is 3. The normalized spacial score (nSPS) is 15.5. The molecule has 3 aromatic rings. The van der Waals surface area contributed by atoms with Crippen molar-refractivity contribution in [3.05, 3.63) is 93.0 Å². The van der Waals surface area contributed by atoms with E-state index < -0.39 is 5.97 Å². The molecule has 2 saturated heterocycles. The number of carbonyl (C=O) groups is 3. The van der Waals surface area contributed by atoms with Crippen LogP contribution in [0.1, 0.15) is 44.7 Å². The molecule has 0 aromatic heterocycles. The zero-order valence-electron chi connectivity index (χ0n) is 23.6. The van der Waals surface area contributed by atoms with Crippen LogP contribution >= 0.6 is 23.2 Å². The molecule has 2 amide bonds. The van der Waals surface area contributed by atoms with Crippen molar-refractivity contribution < 1.29 is 19.1 Å². The first kappa shape index (κ1) is 29.9. The van der Waals surface area contributed by atoms with Gasteiger partial charge in [-0.1, -0.05) is 29.3 Å². The third kappa shape index (κ3) is 7.24. The molecule has 8 nitrogen and oxygen atoms in total. The second-order valence-corrected chi connectivity index (χ2v) is 11.5. The van der Waals surface area contributed by atoms with Crippen LogP contribution in [0.25, 0.3) is 0 Å². The first-order chi connectivity index (χ1) is 20.3. The van der Waals surface area contributed by atoms with Crippen LogP contribution < -0.4 is 10.2 Å². The number of hydrogen-bond donors (Lipinski definition) is 1. The fraction of sp³-hybridized carbons (Fsp3) is 0.344. The van der Waals surface area contributed by atoms with E-state index in [1.54, 1.807) is 36.4 Å². The van der Waals surface area contributed by atoms with Crippen molar-refractivity contribution in [2.75, 3.05) is 56.6 Å². The molecule has 0 saturated carbocycles. The molecule has 0 unspecified atom stereocenters. The molecule has 42 heavy (non-hydrogen) atoms. The van der Waals surface area contributed by atoms with Gasteiger partial charge in [-0.25, -0.2) is 4.79 Å². The van der Waals surface area contributed by atoms with Crippen LogP contribution in [0.2, 0.25) is 10.0 Å². The standard InChI is InChI=1S/C32H34Cl2N4O4/c1-42-32(41)24-5-4-6-25(19-24)35-31(40)23-7-9-26(10-8-23)37-13-15-38(16-14-37)30(39)20-27-28(33)17-22(18-29(27)34)21-36-11-2-3-12-36/h4-10,17-19H,2-3,11-16,20-21H2,1H3,(H,35,40). The zero-order valence-corrected chi connectivity index (χ0v) is 25.1. The van der Waals surface area contributed by atoms with E-state index in [4.69, 9.17) is 27.9 Å². The van der Waals surface area contributed by atoms with Gasteiger partial charge in [0.25, 0.3) is 5.91 Å². The number of likely N-dealkylation sites (tertiary alicyclic amines) is 1. The Morgan fingerprint density at radius 1 is 0.833 bits per heavy atom. The van der Waals surface area contributed by atoms with Gasteiger partial charge in [0, 0.05) is 59.7 Å². The Morgan fingerprint density at radius 3 is 2.14 bits per heavy atom. The number of piperazine rings is 1. The molecule has 5 rings (SSSR count). The summed E-state index contributed by atoms with van der Waals surface area (Å²) in [6, 6.07) is 17.8. The molecule has 10 heteroatoms. The van der Waals surface area contributed by atoms with Gasteiger partial charge < -0.3 is 19.9 Å². The molecule has 0 atom stereocenters. The van der Waals surface area contributed by atoms with Crippen LogP contribution in [-0.2, 0) is 22.5 Å². The van der Waals surface area contributed by atoms with Crippen LogP contribution in [0.4, 0.5) is 11.4 Å². The molecule has 0 aliphatic carbocycles. The maximum Gasteiger partial charge on any atom is 0.337 e. The second kappa shape index (κ2) is 13.6. The van der Waals surface area contributed by atoms with Crippen LogP contribution in [0.5, 0.6) is 0 Å². The molecule has 2 heterocycles. The largest absolute Gasteiger partial charge is 0.465 e. The Labute approximate surface area is 256 Å². The van der Waals surface area contributed by atoms with Crippen molar-refractivity contribution in [1.82, 2.24) is 9.80 Å². The average molecular weight is 610 g/mol. The lowest BCUT2D eigenvalue weighted by atomic mass is 10.1. The minimum absolute atomic E-state index is 0.00836. The van der Waals surface area contributed by atoms with Crippen molar-refractivity contribution in [1.29, 1.82) is 0 Å². The third-order valence-corrected chi connectivity index (χ3v) is 8.48. The van der Waals surface area contributed by atoms with Gasteiger partial charge in [0.15, 0.2) is 0 Å². The third-order valence-electron chi connectivity index (χ3n) is 7.80. The van der Waals surface area contributed by atoms with Crippen molar-refractivity contribution in [3.63, 3.8) is 0 Å². The number of methoxy groups -OCH3 is 1. The lowest BCUT2D eigenvalue weighted by molar-refractivity contribution is -0.130. The lowest BCUT2D eigenvalue weighted by Crippen LogP contribution is -2.49. The Hall–Kier alpha value is -3.59. The maximum absolute atomic E-state index is 13.1. The van der Waals surface area contributed by atoms with Crippen molar-refractivity contribution in [3.8, 4) is 0 Å². The number of hydrogen-bond acceptors (Lipinski definition) is 6.